The van der Waals surface area contributed by atoms with E-state index in [0.29, 0.717) is 6.54 Å². The van der Waals surface area contributed by atoms with Gasteiger partial charge < -0.3 is 8.98 Å². The first kappa shape index (κ1) is 12.3. The lowest BCUT2D eigenvalue weighted by Gasteiger charge is -2.08. The number of furan rings is 1. The summed E-state index contributed by atoms with van der Waals surface area (Å²) in [7, 11) is 0. The Morgan fingerprint density at radius 2 is 2.16 bits per heavy atom. The molecule has 0 aliphatic carbocycles. The van der Waals surface area contributed by atoms with Gasteiger partial charge in [0, 0.05) is 0 Å². The highest BCUT2D eigenvalue weighted by molar-refractivity contribution is 6.20. The molecule has 0 bridgehead atoms. The molecule has 3 rings (SSSR count). The van der Waals surface area contributed by atoms with E-state index in [1.807, 2.05) is 25.1 Å². The van der Waals surface area contributed by atoms with Crippen LogP contribution in [0.5, 0.6) is 0 Å². The van der Waals surface area contributed by atoms with Crippen molar-refractivity contribution in [3.05, 3.63) is 53.7 Å². The molecule has 0 N–H and O–H groups in total. The van der Waals surface area contributed by atoms with Crippen LogP contribution in [0.15, 0.2) is 41.0 Å². The fourth-order valence-corrected chi connectivity index (χ4v) is 2.50. The number of rotatable bonds is 3. The Labute approximate surface area is 116 Å². The van der Waals surface area contributed by atoms with E-state index in [4.69, 9.17) is 16.0 Å². The molecule has 1 unspecified atom stereocenters. The van der Waals surface area contributed by atoms with Gasteiger partial charge in [-0.2, -0.15) is 0 Å². The maximum atomic E-state index is 6.26. The number of aryl methyl sites for hydroxylation is 1. The lowest BCUT2D eigenvalue weighted by Crippen LogP contribution is -2.05. The Morgan fingerprint density at radius 3 is 2.84 bits per heavy atom. The summed E-state index contributed by atoms with van der Waals surface area (Å²) in [4.78, 5) is 4.68. The van der Waals surface area contributed by atoms with Crippen molar-refractivity contribution in [3.8, 4) is 0 Å². The van der Waals surface area contributed by atoms with Crippen molar-refractivity contribution in [2.24, 2.45) is 0 Å². The molecule has 3 aromatic rings. The number of imidazole rings is 1. The molecule has 0 amide bonds. The maximum Gasteiger partial charge on any atom is 0.128 e. The monoisotopic (exact) mass is 274 g/mol. The number of aromatic nitrogens is 2. The average Bonchev–Trinajstić information content (AvgIpc) is 2.99. The number of benzene rings is 1. The van der Waals surface area contributed by atoms with Gasteiger partial charge in [-0.05, 0) is 37.6 Å². The van der Waals surface area contributed by atoms with Gasteiger partial charge in [-0.25, -0.2) is 4.98 Å². The standard InChI is InChI=1S/C15H15ClN2O/c1-10-5-3-7-13-14(10)17-15(11(2)16)18(13)9-12-6-4-8-19-12/h3-8,11H,9H2,1-2H3. The van der Waals surface area contributed by atoms with Gasteiger partial charge in [-0.15, -0.1) is 11.6 Å². The van der Waals surface area contributed by atoms with Crippen LogP contribution in [0.3, 0.4) is 0 Å². The van der Waals surface area contributed by atoms with Crippen LogP contribution in [0.1, 0.15) is 29.4 Å². The Kier molecular flexibility index (Phi) is 3.07. The van der Waals surface area contributed by atoms with Crippen molar-refractivity contribution in [3.63, 3.8) is 0 Å². The zero-order valence-electron chi connectivity index (χ0n) is 10.9. The van der Waals surface area contributed by atoms with Crippen molar-refractivity contribution in [2.75, 3.05) is 0 Å². The Hall–Kier alpha value is -1.74. The molecule has 0 spiro atoms. The highest BCUT2D eigenvalue weighted by atomic mass is 35.5. The van der Waals surface area contributed by atoms with Crippen LogP contribution in [0.25, 0.3) is 11.0 Å². The fraction of sp³-hybridized carbons (Fsp3) is 0.267. The van der Waals surface area contributed by atoms with Crippen LogP contribution in [-0.4, -0.2) is 9.55 Å². The highest BCUT2D eigenvalue weighted by Gasteiger charge is 2.16. The first-order chi connectivity index (χ1) is 9.16. The number of alkyl halides is 1. The van der Waals surface area contributed by atoms with Gasteiger partial charge in [0.05, 0.1) is 29.2 Å². The molecule has 98 valence electrons. The quantitative estimate of drug-likeness (QED) is 0.667. The number of hydrogen-bond donors (Lipinski definition) is 0. The molecule has 0 aliphatic heterocycles. The molecular weight excluding hydrogens is 260 g/mol. The van der Waals surface area contributed by atoms with Gasteiger partial charge >= 0.3 is 0 Å². The van der Waals surface area contributed by atoms with E-state index in [9.17, 15) is 0 Å². The minimum Gasteiger partial charge on any atom is -0.467 e. The zero-order valence-corrected chi connectivity index (χ0v) is 11.7. The van der Waals surface area contributed by atoms with E-state index in [-0.39, 0.29) is 5.38 Å². The van der Waals surface area contributed by atoms with Gasteiger partial charge in [0.25, 0.3) is 0 Å². The van der Waals surface area contributed by atoms with Gasteiger partial charge in [-0.3, -0.25) is 0 Å². The lowest BCUT2D eigenvalue weighted by molar-refractivity contribution is 0.492. The van der Waals surface area contributed by atoms with E-state index >= 15 is 0 Å². The molecular formula is C15H15ClN2O. The minimum absolute atomic E-state index is 0.137. The number of halogens is 1. The molecule has 0 saturated carbocycles. The van der Waals surface area contributed by atoms with Crippen molar-refractivity contribution >= 4 is 22.6 Å². The topological polar surface area (TPSA) is 31.0 Å². The number of hydrogen-bond acceptors (Lipinski definition) is 2. The summed E-state index contributed by atoms with van der Waals surface area (Å²) < 4.78 is 7.55. The van der Waals surface area contributed by atoms with Crippen molar-refractivity contribution in [1.29, 1.82) is 0 Å². The number of fused-ring (bicyclic) bond motifs is 1. The second-order valence-corrected chi connectivity index (χ2v) is 5.35. The summed E-state index contributed by atoms with van der Waals surface area (Å²) in [5.41, 5.74) is 3.27. The molecule has 2 aromatic heterocycles. The van der Waals surface area contributed by atoms with E-state index in [0.717, 1.165) is 28.2 Å². The first-order valence-electron chi connectivity index (χ1n) is 6.29. The summed E-state index contributed by atoms with van der Waals surface area (Å²) in [6.45, 7) is 4.66. The van der Waals surface area contributed by atoms with Gasteiger partial charge in [0.2, 0.25) is 0 Å². The van der Waals surface area contributed by atoms with Crippen LogP contribution in [0, 0.1) is 6.92 Å². The summed E-state index contributed by atoms with van der Waals surface area (Å²) >= 11 is 6.26. The van der Waals surface area contributed by atoms with E-state index < -0.39 is 0 Å². The van der Waals surface area contributed by atoms with Crippen LogP contribution >= 0.6 is 11.6 Å². The molecule has 0 fully saturated rings. The normalized spacial score (nSPS) is 13.0. The predicted octanol–water partition coefficient (Wildman–Crippen LogP) is 4.29. The second-order valence-electron chi connectivity index (χ2n) is 4.69. The molecule has 4 heteroatoms. The first-order valence-corrected chi connectivity index (χ1v) is 6.72. The third-order valence-electron chi connectivity index (χ3n) is 3.26. The van der Waals surface area contributed by atoms with Crippen molar-refractivity contribution in [1.82, 2.24) is 9.55 Å². The molecule has 0 saturated heterocycles. The minimum atomic E-state index is -0.137. The Balaban J connectivity index is 2.19. The summed E-state index contributed by atoms with van der Waals surface area (Å²) in [6.07, 6.45) is 1.68. The largest absolute Gasteiger partial charge is 0.467 e. The molecule has 19 heavy (non-hydrogen) atoms. The molecule has 3 nitrogen and oxygen atoms in total. The molecule has 0 radical (unpaired) electrons. The van der Waals surface area contributed by atoms with Crippen molar-refractivity contribution < 1.29 is 4.42 Å². The summed E-state index contributed by atoms with van der Waals surface area (Å²) in [5, 5.41) is -0.137. The summed E-state index contributed by atoms with van der Waals surface area (Å²) in [6, 6.07) is 10.0. The highest BCUT2D eigenvalue weighted by Crippen LogP contribution is 2.27. The lowest BCUT2D eigenvalue weighted by atomic mass is 10.2. The van der Waals surface area contributed by atoms with E-state index in [1.54, 1.807) is 6.26 Å². The molecule has 0 aliphatic rings. The summed E-state index contributed by atoms with van der Waals surface area (Å²) in [5.74, 6) is 1.78. The smallest absolute Gasteiger partial charge is 0.128 e. The van der Waals surface area contributed by atoms with Crippen molar-refractivity contribution in [2.45, 2.75) is 25.8 Å². The number of nitrogens with zero attached hydrogens (tertiary/aromatic N) is 2. The fourth-order valence-electron chi connectivity index (χ4n) is 2.33. The average molecular weight is 275 g/mol. The third kappa shape index (κ3) is 2.15. The Bertz CT molecular complexity index is 698. The number of para-hydroxylation sites is 1. The molecule has 2 heterocycles. The second kappa shape index (κ2) is 4.74. The molecule has 1 aromatic carbocycles. The molecule has 1 atom stereocenters. The van der Waals surface area contributed by atoms with Gasteiger partial charge in [0.1, 0.15) is 11.6 Å². The third-order valence-corrected chi connectivity index (χ3v) is 3.46. The maximum absolute atomic E-state index is 6.26. The van der Waals surface area contributed by atoms with Crippen LogP contribution < -0.4 is 0 Å². The van der Waals surface area contributed by atoms with E-state index in [1.165, 1.54) is 0 Å². The van der Waals surface area contributed by atoms with Gasteiger partial charge in [0.15, 0.2) is 0 Å². The van der Waals surface area contributed by atoms with Crippen LogP contribution in [0.4, 0.5) is 0 Å². The Morgan fingerprint density at radius 1 is 1.32 bits per heavy atom. The van der Waals surface area contributed by atoms with E-state index in [2.05, 4.69) is 28.6 Å². The van der Waals surface area contributed by atoms with Gasteiger partial charge in [-0.1, -0.05) is 12.1 Å². The SMILES string of the molecule is Cc1cccc2c1nc(C(C)Cl)n2Cc1ccco1. The predicted molar refractivity (Wildman–Crippen MR) is 76.5 cm³/mol. The zero-order chi connectivity index (χ0) is 13.4. The van der Waals surface area contributed by atoms with Crippen LogP contribution in [-0.2, 0) is 6.54 Å². The van der Waals surface area contributed by atoms with Crippen LogP contribution in [0.2, 0.25) is 0 Å².